The van der Waals surface area contributed by atoms with Gasteiger partial charge in [0.15, 0.2) is 0 Å². The maximum absolute atomic E-state index is 5.83. The molecule has 0 saturated heterocycles. The zero-order valence-corrected chi connectivity index (χ0v) is 15.3. The molecule has 21 heavy (non-hydrogen) atoms. The number of benzene rings is 1. The second-order valence-corrected chi connectivity index (χ2v) is 7.83. The van der Waals surface area contributed by atoms with Crippen LogP contribution in [0.5, 0.6) is 5.75 Å². The van der Waals surface area contributed by atoms with Gasteiger partial charge >= 0.3 is 0 Å². The van der Waals surface area contributed by atoms with E-state index in [1.165, 1.54) is 5.56 Å². The van der Waals surface area contributed by atoms with Crippen molar-refractivity contribution in [1.29, 1.82) is 0 Å². The van der Waals surface area contributed by atoms with Gasteiger partial charge in [0.2, 0.25) is 0 Å². The number of hydrogen-bond acceptors (Lipinski definition) is 4. The monoisotopic (exact) mass is 368 g/mol. The van der Waals surface area contributed by atoms with Crippen molar-refractivity contribution in [2.45, 2.75) is 46.4 Å². The lowest BCUT2D eigenvalue weighted by atomic mass is 10.1. The highest BCUT2D eigenvalue weighted by molar-refractivity contribution is 9.10. The summed E-state index contributed by atoms with van der Waals surface area (Å²) in [5.41, 5.74) is 2.33. The minimum Gasteiger partial charge on any atom is -0.486 e. The first-order valence-electron chi connectivity index (χ1n) is 6.91. The molecule has 0 spiro atoms. The Kier molecular flexibility index (Phi) is 5.41. The Labute approximate surface area is 138 Å². The van der Waals surface area contributed by atoms with Crippen molar-refractivity contribution in [2.24, 2.45) is 0 Å². The van der Waals surface area contributed by atoms with Crippen LogP contribution >= 0.6 is 27.3 Å². The van der Waals surface area contributed by atoms with Crippen molar-refractivity contribution in [3.05, 3.63) is 44.3 Å². The maximum atomic E-state index is 5.83. The third kappa shape index (κ3) is 5.41. The van der Waals surface area contributed by atoms with E-state index < -0.39 is 0 Å². The predicted octanol–water partition coefficient (Wildman–Crippen LogP) is 4.68. The van der Waals surface area contributed by atoms with Crippen LogP contribution in [0.3, 0.4) is 0 Å². The minimum absolute atomic E-state index is 0.0920. The Hall–Kier alpha value is -0.910. The predicted molar refractivity (Wildman–Crippen MR) is 91.9 cm³/mol. The first-order valence-corrected chi connectivity index (χ1v) is 8.58. The van der Waals surface area contributed by atoms with E-state index in [0.717, 1.165) is 27.5 Å². The summed E-state index contributed by atoms with van der Waals surface area (Å²) in [5.74, 6) is 0.872. The van der Waals surface area contributed by atoms with Crippen molar-refractivity contribution < 1.29 is 4.74 Å². The molecule has 0 atom stereocenters. The quantitative estimate of drug-likeness (QED) is 0.831. The van der Waals surface area contributed by atoms with Gasteiger partial charge in [-0.15, -0.1) is 11.3 Å². The molecule has 1 heterocycles. The van der Waals surface area contributed by atoms with Crippen molar-refractivity contribution in [2.75, 3.05) is 0 Å². The fourth-order valence-electron chi connectivity index (χ4n) is 1.75. The highest BCUT2D eigenvalue weighted by Gasteiger charge is 2.10. The number of hydrogen-bond donors (Lipinski definition) is 1. The fourth-order valence-corrected chi connectivity index (χ4v) is 2.82. The lowest BCUT2D eigenvalue weighted by Crippen LogP contribution is -2.35. The van der Waals surface area contributed by atoms with E-state index in [9.17, 15) is 0 Å². The number of ether oxygens (including phenoxy) is 1. The van der Waals surface area contributed by atoms with Gasteiger partial charge in [-0.1, -0.05) is 15.9 Å². The van der Waals surface area contributed by atoms with Gasteiger partial charge in [-0.2, -0.15) is 0 Å². The molecule has 1 N–H and O–H groups in total. The number of nitrogens with zero attached hydrogens (tertiary/aromatic N) is 1. The van der Waals surface area contributed by atoms with Gasteiger partial charge in [0, 0.05) is 27.6 Å². The van der Waals surface area contributed by atoms with Crippen LogP contribution < -0.4 is 10.1 Å². The standard InChI is InChI=1S/C16H21BrN2OS/c1-11-10-21-15(19-11)9-20-13-5-6-14(17)12(7-13)8-18-16(2,3)4/h5-7,10,18H,8-9H2,1-4H3. The molecule has 1 aromatic carbocycles. The van der Waals surface area contributed by atoms with E-state index in [0.29, 0.717) is 6.61 Å². The second-order valence-electron chi connectivity index (χ2n) is 6.03. The Morgan fingerprint density at radius 3 is 2.71 bits per heavy atom. The molecule has 0 aliphatic heterocycles. The molecule has 0 fully saturated rings. The first kappa shape index (κ1) is 16.5. The summed E-state index contributed by atoms with van der Waals surface area (Å²) in [4.78, 5) is 4.41. The van der Waals surface area contributed by atoms with Gasteiger partial charge in [-0.25, -0.2) is 4.98 Å². The SMILES string of the molecule is Cc1csc(COc2ccc(Br)c(CNC(C)(C)C)c2)n1. The Balaban J connectivity index is 2.00. The summed E-state index contributed by atoms with van der Waals surface area (Å²) in [7, 11) is 0. The molecule has 0 bridgehead atoms. The van der Waals surface area contributed by atoms with Gasteiger partial charge < -0.3 is 10.1 Å². The third-order valence-electron chi connectivity index (χ3n) is 2.86. The van der Waals surface area contributed by atoms with Crippen molar-refractivity contribution in [1.82, 2.24) is 10.3 Å². The van der Waals surface area contributed by atoms with Crippen LogP contribution in [0.2, 0.25) is 0 Å². The van der Waals surface area contributed by atoms with Crippen LogP contribution in [-0.4, -0.2) is 10.5 Å². The van der Waals surface area contributed by atoms with Crippen molar-refractivity contribution in [3.63, 3.8) is 0 Å². The van der Waals surface area contributed by atoms with Crippen LogP contribution in [0.15, 0.2) is 28.1 Å². The molecule has 3 nitrogen and oxygen atoms in total. The van der Waals surface area contributed by atoms with Crippen molar-refractivity contribution >= 4 is 27.3 Å². The first-order chi connectivity index (χ1) is 9.83. The van der Waals surface area contributed by atoms with Crippen LogP contribution in [0.1, 0.15) is 37.0 Å². The highest BCUT2D eigenvalue weighted by Crippen LogP contribution is 2.24. The number of rotatable bonds is 5. The molecule has 0 amide bonds. The summed E-state index contributed by atoms with van der Waals surface area (Å²) in [5, 5.41) is 6.53. The molecular weight excluding hydrogens is 348 g/mol. The molecule has 0 unspecified atom stereocenters. The van der Waals surface area contributed by atoms with Crippen molar-refractivity contribution in [3.8, 4) is 5.75 Å². The minimum atomic E-state index is 0.0920. The van der Waals surface area contributed by atoms with E-state index in [1.807, 2.05) is 24.4 Å². The molecule has 0 radical (unpaired) electrons. The van der Waals surface area contributed by atoms with Gasteiger partial charge in [0.05, 0.1) is 0 Å². The summed E-state index contributed by atoms with van der Waals surface area (Å²) in [6, 6.07) is 6.08. The fraction of sp³-hybridized carbons (Fsp3) is 0.438. The molecule has 0 saturated carbocycles. The molecule has 114 valence electrons. The molecule has 0 aliphatic rings. The van der Waals surface area contributed by atoms with Crippen LogP contribution in [-0.2, 0) is 13.2 Å². The van der Waals surface area contributed by atoms with Crippen LogP contribution in [0, 0.1) is 6.92 Å². The van der Waals surface area contributed by atoms with Gasteiger partial charge in [0.25, 0.3) is 0 Å². The Morgan fingerprint density at radius 2 is 2.10 bits per heavy atom. The van der Waals surface area contributed by atoms with Gasteiger partial charge in [-0.05, 0) is 51.5 Å². The molecular formula is C16H21BrN2OS. The van der Waals surface area contributed by atoms with E-state index in [-0.39, 0.29) is 5.54 Å². The lowest BCUT2D eigenvalue weighted by Gasteiger charge is -2.21. The number of aryl methyl sites for hydroxylation is 1. The average Bonchev–Trinajstić information content (AvgIpc) is 2.81. The summed E-state index contributed by atoms with van der Waals surface area (Å²) < 4.78 is 6.93. The number of thiazole rings is 1. The summed E-state index contributed by atoms with van der Waals surface area (Å²) >= 11 is 5.22. The second kappa shape index (κ2) is 6.90. The molecule has 1 aromatic heterocycles. The zero-order valence-electron chi connectivity index (χ0n) is 12.9. The summed E-state index contributed by atoms with van der Waals surface area (Å²) in [6.45, 7) is 9.80. The number of halogens is 1. The zero-order chi connectivity index (χ0) is 15.5. The van der Waals surface area contributed by atoms with E-state index >= 15 is 0 Å². The lowest BCUT2D eigenvalue weighted by molar-refractivity contribution is 0.304. The molecule has 0 aliphatic carbocycles. The number of nitrogens with one attached hydrogen (secondary N) is 1. The van der Waals surface area contributed by atoms with E-state index in [1.54, 1.807) is 11.3 Å². The molecule has 2 aromatic rings. The smallest absolute Gasteiger partial charge is 0.140 e. The van der Waals surface area contributed by atoms with Crippen LogP contribution in [0.4, 0.5) is 0 Å². The van der Waals surface area contributed by atoms with Gasteiger partial charge in [0.1, 0.15) is 17.4 Å². The third-order valence-corrected chi connectivity index (χ3v) is 4.57. The molecule has 5 heteroatoms. The number of aromatic nitrogens is 1. The summed E-state index contributed by atoms with van der Waals surface area (Å²) in [6.07, 6.45) is 0. The van der Waals surface area contributed by atoms with Crippen LogP contribution in [0.25, 0.3) is 0 Å². The Morgan fingerprint density at radius 1 is 1.33 bits per heavy atom. The average molecular weight is 369 g/mol. The van der Waals surface area contributed by atoms with E-state index in [2.05, 4.69) is 53.1 Å². The normalized spacial score (nSPS) is 11.7. The highest BCUT2D eigenvalue weighted by atomic mass is 79.9. The topological polar surface area (TPSA) is 34.1 Å². The van der Waals surface area contributed by atoms with Gasteiger partial charge in [-0.3, -0.25) is 0 Å². The largest absolute Gasteiger partial charge is 0.486 e. The maximum Gasteiger partial charge on any atom is 0.140 e. The van der Waals surface area contributed by atoms with E-state index in [4.69, 9.17) is 4.74 Å². The Bertz CT molecular complexity index is 605. The molecule has 2 rings (SSSR count).